The number of nitriles is 1. The summed E-state index contributed by atoms with van der Waals surface area (Å²) < 4.78 is 13.2. The Hall–Kier alpha value is -7.15. The molecule has 0 N–H and O–H groups in total. The van der Waals surface area contributed by atoms with E-state index in [1.165, 1.54) is 0 Å². The van der Waals surface area contributed by atoms with E-state index in [0.29, 0.717) is 22.7 Å². The molecule has 0 bridgehead atoms. The normalized spacial score (nSPS) is 13.5. The monoisotopic (exact) mass is 662 g/mol. The molecule has 52 heavy (non-hydrogen) atoms. The first-order valence-corrected chi connectivity index (χ1v) is 17.3. The van der Waals surface area contributed by atoms with Gasteiger partial charge in [0, 0.05) is 45.7 Å². The van der Waals surface area contributed by atoms with Crippen LogP contribution in [0.25, 0.3) is 4.85 Å². The van der Waals surface area contributed by atoms with Gasteiger partial charge in [0.15, 0.2) is 0 Å². The number of ether oxygens (including phenoxy) is 2. The fourth-order valence-electron chi connectivity index (χ4n) is 8.76. The second-order valence-corrected chi connectivity index (χ2v) is 13.4. The zero-order valence-electron chi connectivity index (χ0n) is 27.6. The lowest BCUT2D eigenvalue weighted by atomic mass is 9.30. The molecule has 0 fully saturated rings. The Balaban J connectivity index is 1.25. The van der Waals surface area contributed by atoms with Crippen LogP contribution < -0.4 is 52.1 Å². The Labute approximate surface area is 301 Å². The van der Waals surface area contributed by atoms with Crippen molar-refractivity contribution in [1.29, 1.82) is 5.26 Å². The van der Waals surface area contributed by atoms with Gasteiger partial charge in [-0.25, -0.2) is 4.85 Å². The van der Waals surface area contributed by atoms with E-state index in [9.17, 15) is 5.26 Å². The van der Waals surface area contributed by atoms with Gasteiger partial charge in [-0.15, -0.1) is 0 Å². The van der Waals surface area contributed by atoms with Gasteiger partial charge in [-0.2, -0.15) is 5.26 Å². The molecule has 11 rings (SSSR count). The number of anilines is 6. The van der Waals surface area contributed by atoms with Crippen LogP contribution in [0.15, 0.2) is 146 Å². The molecule has 6 nitrogen and oxygen atoms in total. The molecule has 7 aromatic rings. The average Bonchev–Trinajstić information content (AvgIpc) is 3.20. The molecule has 0 saturated carbocycles. The summed E-state index contributed by atoms with van der Waals surface area (Å²) in [4.78, 5) is 8.70. The van der Waals surface area contributed by atoms with Gasteiger partial charge in [0.2, 0.25) is 12.4 Å². The maximum atomic E-state index is 10.1. The highest BCUT2D eigenvalue weighted by atomic mass is 16.5. The molecule has 7 aromatic carbocycles. The van der Waals surface area contributed by atoms with Crippen molar-refractivity contribution < 1.29 is 9.47 Å². The minimum Gasteiger partial charge on any atom is -0.458 e. The van der Waals surface area contributed by atoms with Crippen LogP contribution in [0.2, 0.25) is 0 Å². The number of hydrogen-bond acceptors (Lipinski definition) is 5. The largest absolute Gasteiger partial charge is 0.458 e. The molecule has 4 aliphatic heterocycles. The molecule has 0 unspecified atom stereocenters. The Morgan fingerprint density at radius 1 is 0.538 bits per heavy atom. The SMILES string of the molecule is [C-]#[N+]c1ccc2c3c1N(c1ccccc1)c1ccccc1B3c1cc3c(cc1N2c1ccccc1)Oc1ccc(C#N)c2c1B3c1ccccc1O2. The second-order valence-electron chi connectivity index (χ2n) is 13.4. The Morgan fingerprint density at radius 2 is 1.23 bits per heavy atom. The highest BCUT2D eigenvalue weighted by Gasteiger charge is 2.47. The molecule has 4 aliphatic rings. The molecule has 0 saturated heterocycles. The van der Waals surface area contributed by atoms with Crippen molar-refractivity contribution in [2.24, 2.45) is 0 Å². The van der Waals surface area contributed by atoms with Crippen LogP contribution >= 0.6 is 0 Å². The summed E-state index contributed by atoms with van der Waals surface area (Å²) in [7, 11) is 0. The van der Waals surface area contributed by atoms with Crippen molar-refractivity contribution in [1.82, 2.24) is 0 Å². The molecule has 0 aliphatic carbocycles. The van der Waals surface area contributed by atoms with Crippen LogP contribution in [0, 0.1) is 17.9 Å². The van der Waals surface area contributed by atoms with Crippen molar-refractivity contribution in [3.05, 3.63) is 163 Å². The fraction of sp³-hybridized carbons (Fsp3) is 0. The lowest BCUT2D eigenvalue weighted by molar-refractivity contribution is 0.463. The van der Waals surface area contributed by atoms with Gasteiger partial charge >= 0.3 is 0 Å². The molecule has 0 radical (unpaired) electrons. The van der Waals surface area contributed by atoms with Crippen LogP contribution in [0.1, 0.15) is 5.56 Å². The number of benzene rings is 7. The Kier molecular flexibility index (Phi) is 5.88. The quantitative estimate of drug-likeness (QED) is 0.149. The maximum absolute atomic E-state index is 10.1. The number of rotatable bonds is 2. The van der Waals surface area contributed by atoms with Crippen molar-refractivity contribution >= 4 is 86.0 Å². The van der Waals surface area contributed by atoms with Crippen molar-refractivity contribution in [3.8, 4) is 29.1 Å². The first-order chi connectivity index (χ1) is 25.7. The summed E-state index contributed by atoms with van der Waals surface area (Å²) >= 11 is 0. The summed E-state index contributed by atoms with van der Waals surface area (Å²) in [5.41, 5.74) is 13.4. The van der Waals surface area contributed by atoms with E-state index >= 15 is 0 Å². The highest BCUT2D eigenvalue weighted by Crippen LogP contribution is 2.48. The van der Waals surface area contributed by atoms with Gasteiger partial charge in [0.25, 0.3) is 6.71 Å². The summed E-state index contributed by atoms with van der Waals surface area (Å²) in [6.45, 7) is 8.01. The van der Waals surface area contributed by atoms with Gasteiger partial charge in [-0.3, -0.25) is 0 Å². The summed E-state index contributed by atoms with van der Waals surface area (Å²) in [5, 5.41) is 10.1. The van der Waals surface area contributed by atoms with Crippen LogP contribution in [0.4, 0.5) is 39.8 Å². The molecule has 0 spiro atoms. The van der Waals surface area contributed by atoms with Crippen LogP contribution in [0.3, 0.4) is 0 Å². The summed E-state index contributed by atoms with van der Waals surface area (Å²) in [6.07, 6.45) is 0. The predicted octanol–water partition coefficient (Wildman–Crippen LogP) is 6.92. The van der Waals surface area contributed by atoms with Crippen LogP contribution in [-0.2, 0) is 0 Å². The van der Waals surface area contributed by atoms with Gasteiger partial charge in [0.1, 0.15) is 29.1 Å². The fourth-order valence-corrected chi connectivity index (χ4v) is 8.76. The van der Waals surface area contributed by atoms with Crippen LogP contribution in [0.5, 0.6) is 23.0 Å². The van der Waals surface area contributed by atoms with Crippen molar-refractivity contribution in [2.75, 3.05) is 9.80 Å². The predicted molar refractivity (Wildman–Crippen MR) is 209 cm³/mol. The minimum absolute atomic E-state index is 0.176. The number of fused-ring (bicyclic) bond motifs is 8. The second kappa shape index (κ2) is 10.7. The summed E-state index contributed by atoms with van der Waals surface area (Å²) in [5.74, 6) is 2.74. The lowest BCUT2D eigenvalue weighted by Gasteiger charge is -2.45. The van der Waals surface area contributed by atoms with Gasteiger partial charge < -0.3 is 19.3 Å². The van der Waals surface area contributed by atoms with Crippen LogP contribution in [-0.4, -0.2) is 13.4 Å². The molecule has 0 aromatic heterocycles. The Bertz CT molecular complexity index is 2760. The van der Waals surface area contributed by atoms with Gasteiger partial charge in [-0.05, 0) is 81.9 Å². The molecule has 0 amide bonds. The topological polar surface area (TPSA) is 53.1 Å². The van der Waals surface area contributed by atoms with Crippen molar-refractivity contribution in [3.63, 3.8) is 0 Å². The number of hydrogen-bond donors (Lipinski definition) is 0. The van der Waals surface area contributed by atoms with E-state index in [1.54, 1.807) is 6.07 Å². The van der Waals surface area contributed by atoms with E-state index in [1.807, 2.05) is 54.6 Å². The van der Waals surface area contributed by atoms with Gasteiger partial charge in [-0.1, -0.05) is 84.9 Å². The first kappa shape index (κ1) is 28.7. The molecule has 238 valence electrons. The summed E-state index contributed by atoms with van der Waals surface area (Å²) in [6, 6.07) is 52.0. The molecule has 4 heterocycles. The third-order valence-electron chi connectivity index (χ3n) is 10.8. The molecule has 0 atom stereocenters. The number of para-hydroxylation sites is 4. The molecular formula is C44H24B2N4O2. The molecule has 8 heteroatoms. The van der Waals surface area contributed by atoms with E-state index in [-0.39, 0.29) is 13.4 Å². The minimum atomic E-state index is -0.211. The standard InChI is InChI=1S/C44H24B2N4O2/c1-48-34-21-22-36-41-43(34)50(29-14-6-3-7-15-29)35-18-10-8-16-30(35)45(41)32-24-33-40(25-37(32)49(36)28-12-4-2-5-13-28)51-39-23-20-27(26-47)44-42(39)46(33)31-17-9-11-19-38(31)52-44/h2-25H. The lowest BCUT2D eigenvalue weighted by Crippen LogP contribution is -2.63. The maximum Gasteiger partial charge on any atom is 0.260 e. The zero-order chi connectivity index (χ0) is 34.5. The van der Waals surface area contributed by atoms with E-state index in [0.717, 1.165) is 78.4 Å². The molecular weight excluding hydrogens is 638 g/mol. The smallest absolute Gasteiger partial charge is 0.260 e. The Morgan fingerprint density at radius 3 is 2.00 bits per heavy atom. The number of nitrogens with zero attached hydrogens (tertiary/aromatic N) is 4. The van der Waals surface area contributed by atoms with E-state index in [4.69, 9.17) is 16.0 Å². The first-order valence-electron chi connectivity index (χ1n) is 17.3. The average molecular weight is 662 g/mol. The van der Waals surface area contributed by atoms with E-state index in [2.05, 4.69) is 106 Å². The third-order valence-corrected chi connectivity index (χ3v) is 10.8. The highest BCUT2D eigenvalue weighted by molar-refractivity contribution is 7.02. The van der Waals surface area contributed by atoms with Gasteiger partial charge in [0.05, 0.1) is 12.1 Å². The van der Waals surface area contributed by atoms with E-state index < -0.39 is 0 Å². The van der Waals surface area contributed by atoms with Crippen molar-refractivity contribution in [2.45, 2.75) is 0 Å². The third kappa shape index (κ3) is 3.78. The zero-order valence-corrected chi connectivity index (χ0v) is 27.6.